The van der Waals surface area contributed by atoms with Gasteiger partial charge in [-0.3, -0.25) is 4.79 Å². The molecule has 0 saturated heterocycles. The Balaban J connectivity index is 2.51. The zero-order chi connectivity index (χ0) is 15.4. The highest BCUT2D eigenvalue weighted by Gasteiger charge is 2.36. The number of benzene rings is 1. The number of aliphatic hydroxyl groups is 1. The van der Waals surface area contributed by atoms with Crippen LogP contribution in [0.5, 0.6) is 5.75 Å². The van der Waals surface area contributed by atoms with Crippen molar-refractivity contribution in [3.63, 3.8) is 0 Å². The number of methoxy groups -OCH3 is 1. The number of nitrogens with one attached hydrogen (secondary N) is 1. The summed E-state index contributed by atoms with van der Waals surface area (Å²) in [5.74, 6) is 1.01. The van der Waals surface area contributed by atoms with Gasteiger partial charge in [0.1, 0.15) is 5.75 Å². The van der Waals surface area contributed by atoms with Gasteiger partial charge in [0.2, 0.25) is 5.91 Å². The third kappa shape index (κ3) is 4.72. The molecule has 0 aromatic heterocycles. The van der Waals surface area contributed by atoms with Gasteiger partial charge >= 0.3 is 0 Å². The van der Waals surface area contributed by atoms with Crippen LogP contribution >= 0.6 is 11.8 Å². The third-order valence-corrected chi connectivity index (χ3v) is 4.42. The number of ether oxygens (including phenoxy) is 1. The second kappa shape index (κ2) is 6.50. The summed E-state index contributed by atoms with van der Waals surface area (Å²) in [6.45, 7) is 6.99. The Bertz CT molecular complexity index is 449. The van der Waals surface area contributed by atoms with Crippen molar-refractivity contribution >= 4 is 17.7 Å². The highest BCUT2D eigenvalue weighted by atomic mass is 32.2. The van der Waals surface area contributed by atoms with Crippen LogP contribution in [0.2, 0.25) is 0 Å². The smallest absolute Gasteiger partial charge is 0.230 e. The minimum absolute atomic E-state index is 0.0991. The van der Waals surface area contributed by atoms with E-state index in [1.807, 2.05) is 38.1 Å². The summed E-state index contributed by atoms with van der Waals surface area (Å²) < 4.78 is 5.08. The summed E-state index contributed by atoms with van der Waals surface area (Å²) in [4.78, 5) is 12.9. The molecule has 0 fully saturated rings. The monoisotopic (exact) mass is 297 g/mol. The molecule has 1 rings (SSSR count). The highest BCUT2D eigenvalue weighted by molar-refractivity contribution is 8.00. The van der Waals surface area contributed by atoms with Crippen molar-refractivity contribution in [3.8, 4) is 5.75 Å². The number of rotatable bonds is 6. The van der Waals surface area contributed by atoms with Crippen molar-refractivity contribution < 1.29 is 14.6 Å². The van der Waals surface area contributed by atoms with E-state index in [2.05, 4.69) is 5.32 Å². The van der Waals surface area contributed by atoms with E-state index >= 15 is 0 Å². The van der Waals surface area contributed by atoms with Crippen LogP contribution < -0.4 is 10.1 Å². The van der Waals surface area contributed by atoms with Crippen LogP contribution in [0, 0.1) is 0 Å². The van der Waals surface area contributed by atoms with E-state index in [-0.39, 0.29) is 5.91 Å². The fourth-order valence-corrected chi connectivity index (χ4v) is 2.06. The molecular weight excluding hydrogens is 274 g/mol. The maximum Gasteiger partial charge on any atom is 0.230 e. The average Bonchev–Trinajstić information content (AvgIpc) is 2.35. The van der Waals surface area contributed by atoms with Crippen LogP contribution in [0.1, 0.15) is 27.7 Å². The lowest BCUT2D eigenvalue weighted by Crippen LogP contribution is -2.58. The van der Waals surface area contributed by atoms with Crippen LogP contribution in [0.4, 0.5) is 0 Å². The quantitative estimate of drug-likeness (QED) is 0.792. The number of hydrogen-bond donors (Lipinski definition) is 2. The maximum atomic E-state index is 11.9. The molecule has 0 aliphatic carbocycles. The van der Waals surface area contributed by atoms with Crippen molar-refractivity contribution in [3.05, 3.63) is 24.3 Å². The van der Waals surface area contributed by atoms with Gasteiger partial charge in [0.05, 0.1) is 24.0 Å². The Labute approximate surface area is 124 Å². The summed E-state index contributed by atoms with van der Waals surface area (Å²) in [6.07, 6.45) is 0. The minimum Gasteiger partial charge on any atom is -0.497 e. The first-order valence-corrected chi connectivity index (χ1v) is 7.44. The molecule has 0 bridgehead atoms. The van der Waals surface area contributed by atoms with E-state index < -0.39 is 11.1 Å². The average molecular weight is 297 g/mol. The van der Waals surface area contributed by atoms with Crippen molar-refractivity contribution in [1.29, 1.82) is 0 Å². The van der Waals surface area contributed by atoms with Gasteiger partial charge in [-0.15, -0.1) is 11.8 Å². The molecule has 0 heterocycles. The standard InChI is InChI=1S/C15H23NO3S/c1-14(2,15(3,4)18)16-13(17)10-20-12-8-6-11(19-5)7-9-12/h6-9,18H,10H2,1-5H3,(H,16,17). The van der Waals surface area contributed by atoms with Crippen molar-refractivity contribution in [2.24, 2.45) is 0 Å². The molecule has 0 spiro atoms. The molecule has 0 aliphatic heterocycles. The number of amides is 1. The number of hydrogen-bond acceptors (Lipinski definition) is 4. The predicted octanol–water partition coefficient (Wildman–Crippen LogP) is 2.45. The lowest BCUT2D eigenvalue weighted by atomic mass is 9.86. The van der Waals surface area contributed by atoms with Crippen LogP contribution in [0.25, 0.3) is 0 Å². The highest BCUT2D eigenvalue weighted by Crippen LogP contribution is 2.23. The topological polar surface area (TPSA) is 58.6 Å². The van der Waals surface area contributed by atoms with Gasteiger partial charge in [-0.25, -0.2) is 0 Å². The van der Waals surface area contributed by atoms with Crippen LogP contribution in [-0.2, 0) is 4.79 Å². The summed E-state index contributed by atoms with van der Waals surface area (Å²) in [5, 5.41) is 12.9. The molecule has 2 N–H and O–H groups in total. The van der Waals surface area contributed by atoms with E-state index in [9.17, 15) is 9.90 Å². The van der Waals surface area contributed by atoms with Gasteiger partial charge in [-0.05, 0) is 52.0 Å². The van der Waals surface area contributed by atoms with E-state index in [1.54, 1.807) is 21.0 Å². The van der Waals surface area contributed by atoms with Gasteiger partial charge < -0.3 is 15.2 Å². The number of thioether (sulfide) groups is 1. The lowest BCUT2D eigenvalue weighted by molar-refractivity contribution is -0.123. The van der Waals surface area contributed by atoms with E-state index in [0.29, 0.717) is 5.75 Å². The molecule has 0 radical (unpaired) electrons. The molecule has 0 saturated carbocycles. The first kappa shape index (κ1) is 16.9. The fourth-order valence-electron chi connectivity index (χ4n) is 1.36. The zero-order valence-electron chi connectivity index (χ0n) is 12.7. The summed E-state index contributed by atoms with van der Waals surface area (Å²) in [7, 11) is 1.62. The Hall–Kier alpha value is -1.20. The molecule has 20 heavy (non-hydrogen) atoms. The Morgan fingerprint density at radius 1 is 1.25 bits per heavy atom. The molecule has 1 aromatic rings. The molecule has 0 atom stereocenters. The molecule has 112 valence electrons. The van der Waals surface area contributed by atoms with Gasteiger partial charge in [-0.2, -0.15) is 0 Å². The summed E-state index contributed by atoms with van der Waals surface area (Å²) in [5.41, 5.74) is -1.65. The lowest BCUT2D eigenvalue weighted by Gasteiger charge is -2.37. The number of carbonyl (C=O) groups excluding carboxylic acids is 1. The van der Waals surface area contributed by atoms with Gasteiger partial charge in [-0.1, -0.05) is 0 Å². The second-order valence-electron chi connectivity index (χ2n) is 5.70. The van der Waals surface area contributed by atoms with Crippen LogP contribution in [0.3, 0.4) is 0 Å². The zero-order valence-corrected chi connectivity index (χ0v) is 13.5. The SMILES string of the molecule is COc1ccc(SCC(=O)NC(C)(C)C(C)(C)O)cc1. The van der Waals surface area contributed by atoms with E-state index in [0.717, 1.165) is 10.6 Å². The Morgan fingerprint density at radius 3 is 2.25 bits per heavy atom. The van der Waals surface area contributed by atoms with Crippen molar-refractivity contribution in [2.75, 3.05) is 12.9 Å². The largest absolute Gasteiger partial charge is 0.497 e. The van der Waals surface area contributed by atoms with Crippen LogP contribution in [-0.4, -0.2) is 35.0 Å². The molecule has 4 nitrogen and oxygen atoms in total. The van der Waals surface area contributed by atoms with Crippen molar-refractivity contribution in [2.45, 2.75) is 43.7 Å². The van der Waals surface area contributed by atoms with Gasteiger partial charge in [0.15, 0.2) is 0 Å². The fraction of sp³-hybridized carbons (Fsp3) is 0.533. The summed E-state index contributed by atoms with van der Waals surface area (Å²) in [6, 6.07) is 7.55. The van der Waals surface area contributed by atoms with Gasteiger partial charge in [0.25, 0.3) is 0 Å². The minimum atomic E-state index is -0.979. The van der Waals surface area contributed by atoms with Crippen molar-refractivity contribution in [1.82, 2.24) is 5.32 Å². The van der Waals surface area contributed by atoms with Gasteiger partial charge in [0, 0.05) is 4.90 Å². The molecule has 1 amide bonds. The van der Waals surface area contributed by atoms with E-state index in [4.69, 9.17) is 4.74 Å². The Morgan fingerprint density at radius 2 is 1.80 bits per heavy atom. The molecular formula is C15H23NO3S. The maximum absolute atomic E-state index is 11.9. The van der Waals surface area contributed by atoms with E-state index in [1.165, 1.54) is 11.8 Å². The summed E-state index contributed by atoms with van der Waals surface area (Å²) >= 11 is 1.45. The molecule has 5 heteroatoms. The number of carbonyl (C=O) groups is 1. The third-order valence-electron chi connectivity index (χ3n) is 3.41. The first-order chi connectivity index (χ1) is 9.15. The predicted molar refractivity (Wildman–Crippen MR) is 82.2 cm³/mol. The van der Waals surface area contributed by atoms with Crippen LogP contribution in [0.15, 0.2) is 29.2 Å². The normalized spacial score (nSPS) is 12.1. The molecule has 0 unspecified atom stereocenters. The first-order valence-electron chi connectivity index (χ1n) is 6.46. The molecule has 0 aliphatic rings. The second-order valence-corrected chi connectivity index (χ2v) is 6.75. The Kier molecular flexibility index (Phi) is 5.48. The molecule has 1 aromatic carbocycles.